The topological polar surface area (TPSA) is 67.6 Å². The number of nitrogens with zero attached hydrogens (tertiary/aromatic N) is 2. The fourth-order valence-electron chi connectivity index (χ4n) is 2.04. The van der Waals surface area contributed by atoms with Crippen LogP contribution in [0, 0.1) is 11.6 Å². The molecule has 2 aromatic heterocycles. The second-order valence-corrected chi connectivity index (χ2v) is 4.22. The monoisotopic (exact) mass is 272 g/mol. The first-order valence-electron chi connectivity index (χ1n) is 5.86. The molecule has 3 N–H and O–H groups in total. The molecule has 0 aliphatic carbocycles. The van der Waals surface area contributed by atoms with E-state index in [9.17, 15) is 8.78 Å². The van der Waals surface area contributed by atoms with Gasteiger partial charge in [0.2, 0.25) is 0 Å². The number of H-pyrrole nitrogens is 1. The number of nitrogens with one attached hydrogen (secondary N) is 1. The molecule has 0 fully saturated rings. The van der Waals surface area contributed by atoms with Gasteiger partial charge in [-0.2, -0.15) is 5.10 Å². The van der Waals surface area contributed by atoms with Crippen molar-refractivity contribution < 1.29 is 8.78 Å². The highest BCUT2D eigenvalue weighted by atomic mass is 19.1. The second-order valence-electron chi connectivity index (χ2n) is 4.22. The summed E-state index contributed by atoms with van der Waals surface area (Å²) in [6.07, 6.45) is 3.24. The molecule has 0 saturated carbocycles. The molecule has 0 saturated heterocycles. The minimum atomic E-state index is -0.691. The molecular formula is C14H10F2N4. The van der Waals surface area contributed by atoms with Gasteiger partial charge < -0.3 is 5.73 Å². The number of nitrogens with two attached hydrogens (primary N) is 1. The van der Waals surface area contributed by atoms with Gasteiger partial charge in [-0.3, -0.25) is 10.1 Å². The fraction of sp³-hybridized carbons (Fsp3) is 0. The Bertz CT molecular complexity index is 753. The second kappa shape index (κ2) is 4.73. The van der Waals surface area contributed by atoms with E-state index in [1.54, 1.807) is 24.5 Å². The van der Waals surface area contributed by atoms with Crippen molar-refractivity contribution in [2.75, 3.05) is 5.73 Å². The molecule has 0 atom stereocenters. The minimum absolute atomic E-state index is 0.148. The van der Waals surface area contributed by atoms with E-state index in [1.807, 2.05) is 0 Å². The molecule has 0 aliphatic rings. The normalized spacial score (nSPS) is 10.7. The number of halogens is 2. The highest BCUT2D eigenvalue weighted by Gasteiger charge is 2.18. The molecule has 20 heavy (non-hydrogen) atoms. The fourth-order valence-corrected chi connectivity index (χ4v) is 2.04. The van der Waals surface area contributed by atoms with Gasteiger partial charge in [-0.1, -0.05) is 0 Å². The van der Waals surface area contributed by atoms with Gasteiger partial charge in [0.1, 0.15) is 11.6 Å². The van der Waals surface area contributed by atoms with E-state index in [4.69, 9.17) is 5.73 Å². The van der Waals surface area contributed by atoms with Crippen molar-refractivity contribution in [1.29, 1.82) is 0 Å². The number of benzene rings is 1. The molecule has 0 radical (unpaired) electrons. The van der Waals surface area contributed by atoms with E-state index in [-0.39, 0.29) is 11.4 Å². The van der Waals surface area contributed by atoms with E-state index in [0.29, 0.717) is 11.3 Å². The molecule has 4 nitrogen and oxygen atoms in total. The maximum atomic E-state index is 13.9. The van der Waals surface area contributed by atoms with Crippen LogP contribution in [0.15, 0.2) is 42.7 Å². The number of hydrogen-bond donors (Lipinski definition) is 2. The quantitative estimate of drug-likeness (QED) is 0.753. The van der Waals surface area contributed by atoms with Crippen LogP contribution in [-0.4, -0.2) is 15.2 Å². The lowest BCUT2D eigenvalue weighted by Crippen LogP contribution is -1.92. The van der Waals surface area contributed by atoms with Gasteiger partial charge in [0.05, 0.1) is 11.3 Å². The first-order chi connectivity index (χ1) is 9.66. The molecule has 0 amide bonds. The zero-order chi connectivity index (χ0) is 14.1. The smallest absolute Gasteiger partial charge is 0.153 e. The zero-order valence-corrected chi connectivity index (χ0v) is 10.3. The van der Waals surface area contributed by atoms with Crippen LogP contribution >= 0.6 is 0 Å². The van der Waals surface area contributed by atoms with E-state index < -0.39 is 11.6 Å². The van der Waals surface area contributed by atoms with Crippen molar-refractivity contribution in [2.45, 2.75) is 0 Å². The van der Waals surface area contributed by atoms with E-state index in [1.165, 1.54) is 12.1 Å². The Balaban J connectivity index is 2.22. The van der Waals surface area contributed by atoms with Crippen LogP contribution in [0.3, 0.4) is 0 Å². The number of aromatic nitrogens is 3. The van der Waals surface area contributed by atoms with Crippen molar-refractivity contribution in [3.05, 3.63) is 54.4 Å². The van der Waals surface area contributed by atoms with Crippen molar-refractivity contribution >= 4 is 5.82 Å². The van der Waals surface area contributed by atoms with Crippen LogP contribution in [0.2, 0.25) is 0 Å². The summed E-state index contributed by atoms with van der Waals surface area (Å²) in [6.45, 7) is 0. The third-order valence-electron chi connectivity index (χ3n) is 2.94. The van der Waals surface area contributed by atoms with Crippen LogP contribution in [0.4, 0.5) is 14.6 Å². The van der Waals surface area contributed by atoms with E-state index >= 15 is 0 Å². The summed E-state index contributed by atoms with van der Waals surface area (Å²) in [6, 6.07) is 6.88. The molecule has 0 spiro atoms. The average Bonchev–Trinajstić information content (AvgIpc) is 2.82. The largest absolute Gasteiger partial charge is 0.382 e. The number of nitrogen functional groups attached to an aromatic ring is 1. The van der Waals surface area contributed by atoms with Crippen LogP contribution in [0.1, 0.15) is 0 Å². The summed E-state index contributed by atoms with van der Waals surface area (Å²) < 4.78 is 26.9. The van der Waals surface area contributed by atoms with Gasteiger partial charge >= 0.3 is 0 Å². The van der Waals surface area contributed by atoms with Crippen molar-refractivity contribution in [1.82, 2.24) is 15.2 Å². The minimum Gasteiger partial charge on any atom is -0.382 e. The lowest BCUT2D eigenvalue weighted by Gasteiger charge is -2.06. The average molecular weight is 272 g/mol. The third-order valence-corrected chi connectivity index (χ3v) is 2.94. The first-order valence-corrected chi connectivity index (χ1v) is 5.86. The van der Waals surface area contributed by atoms with Crippen LogP contribution in [0.5, 0.6) is 0 Å². The number of hydrogen-bond acceptors (Lipinski definition) is 3. The van der Waals surface area contributed by atoms with Gasteiger partial charge in [0.25, 0.3) is 0 Å². The highest BCUT2D eigenvalue weighted by molar-refractivity contribution is 5.87. The van der Waals surface area contributed by atoms with Crippen molar-refractivity contribution in [3.63, 3.8) is 0 Å². The summed E-state index contributed by atoms with van der Waals surface area (Å²) in [5, 5.41) is 6.65. The Morgan fingerprint density at radius 1 is 1.15 bits per heavy atom. The number of pyridine rings is 1. The molecule has 1 aromatic carbocycles. The van der Waals surface area contributed by atoms with E-state index in [0.717, 1.165) is 11.6 Å². The van der Waals surface area contributed by atoms with Crippen LogP contribution < -0.4 is 5.73 Å². The Labute approximate surface area is 113 Å². The standard InChI is InChI=1S/C14H10F2N4/c15-9-3-4-10(11(16)6-9)12-13(19-20-14(12)17)8-2-1-5-18-7-8/h1-7H,(H3,17,19,20). The van der Waals surface area contributed by atoms with Gasteiger partial charge in [-0.15, -0.1) is 0 Å². The Morgan fingerprint density at radius 3 is 2.70 bits per heavy atom. The molecule has 100 valence electrons. The summed E-state index contributed by atoms with van der Waals surface area (Å²) in [5.74, 6) is -1.19. The summed E-state index contributed by atoms with van der Waals surface area (Å²) in [7, 11) is 0. The molecule has 2 heterocycles. The summed E-state index contributed by atoms with van der Waals surface area (Å²) >= 11 is 0. The first kappa shape index (κ1) is 12.3. The lowest BCUT2D eigenvalue weighted by molar-refractivity contribution is 0.585. The molecule has 3 aromatic rings. The summed E-state index contributed by atoms with van der Waals surface area (Å²) in [5.41, 5.74) is 7.64. The van der Waals surface area contributed by atoms with Crippen molar-refractivity contribution in [2.24, 2.45) is 0 Å². The molecule has 0 aliphatic heterocycles. The predicted molar refractivity (Wildman–Crippen MR) is 71.6 cm³/mol. The maximum absolute atomic E-state index is 13.9. The molecular weight excluding hydrogens is 262 g/mol. The summed E-state index contributed by atoms with van der Waals surface area (Å²) in [4.78, 5) is 4.00. The highest BCUT2D eigenvalue weighted by Crippen LogP contribution is 2.35. The van der Waals surface area contributed by atoms with Crippen LogP contribution in [-0.2, 0) is 0 Å². The molecule has 6 heteroatoms. The number of anilines is 1. The predicted octanol–water partition coefficient (Wildman–Crippen LogP) is 3.00. The molecule has 0 bridgehead atoms. The van der Waals surface area contributed by atoms with Gasteiger partial charge in [-0.05, 0) is 24.3 Å². The Morgan fingerprint density at radius 2 is 2.00 bits per heavy atom. The Kier molecular flexibility index (Phi) is 2.90. The number of aromatic amines is 1. The van der Waals surface area contributed by atoms with Gasteiger partial charge in [0, 0.05) is 29.6 Å². The Hall–Kier alpha value is -2.76. The molecule has 0 unspecified atom stereocenters. The third kappa shape index (κ3) is 2.01. The number of rotatable bonds is 2. The van der Waals surface area contributed by atoms with E-state index in [2.05, 4.69) is 15.2 Å². The zero-order valence-electron chi connectivity index (χ0n) is 10.3. The lowest BCUT2D eigenvalue weighted by atomic mass is 10.0. The van der Waals surface area contributed by atoms with Crippen molar-refractivity contribution in [3.8, 4) is 22.4 Å². The maximum Gasteiger partial charge on any atom is 0.153 e. The molecule has 3 rings (SSSR count). The SMILES string of the molecule is Nc1n[nH]c(-c2cccnc2)c1-c1ccc(F)cc1F. The van der Waals surface area contributed by atoms with Gasteiger partial charge in [-0.25, -0.2) is 8.78 Å². The van der Waals surface area contributed by atoms with Crippen LogP contribution in [0.25, 0.3) is 22.4 Å². The van der Waals surface area contributed by atoms with Gasteiger partial charge in [0.15, 0.2) is 5.82 Å².